The van der Waals surface area contributed by atoms with Gasteiger partial charge < -0.3 is 10.1 Å². The molecule has 6 rings (SSSR count). The summed E-state index contributed by atoms with van der Waals surface area (Å²) in [5.74, 6) is 3.99. The van der Waals surface area contributed by atoms with Gasteiger partial charge in [-0.15, -0.1) is 0 Å². The minimum Gasteiger partial charge on any atom is -0.369 e. The Hall–Kier alpha value is -0.930. The van der Waals surface area contributed by atoms with Crippen LogP contribution in [0, 0.1) is 35.0 Å². The molecule has 0 radical (unpaired) electrons. The maximum atomic E-state index is 12.1. The lowest BCUT2D eigenvalue weighted by molar-refractivity contribution is -0.116. The van der Waals surface area contributed by atoms with Gasteiger partial charge >= 0.3 is 0 Å². The van der Waals surface area contributed by atoms with Gasteiger partial charge in [-0.1, -0.05) is 37.5 Å². The topological polar surface area (TPSA) is 38.3 Å². The number of carbonyl (C=O) groups excluding carboxylic acids is 1. The Bertz CT molecular complexity index is 872. The fraction of sp³-hybridized carbons (Fsp3) is 0.828. The SMILES string of the molecule is CC1=C2CC[C@H]3[C@@H](CCC4=CC(=O)CC[C@@]43C)[C@@H]2CC[C@@]2(C1)O[C@@H]1C[C@H](C)CN[C@H]1[C@H]2C. The van der Waals surface area contributed by atoms with Crippen LogP contribution in [0.25, 0.3) is 0 Å². The Kier molecular flexibility index (Phi) is 5.08. The van der Waals surface area contributed by atoms with E-state index in [-0.39, 0.29) is 11.0 Å². The molecule has 4 fully saturated rings. The number of allylic oxidation sites excluding steroid dienone is 3. The van der Waals surface area contributed by atoms with Crippen LogP contribution in [0.2, 0.25) is 0 Å². The molecule has 0 bridgehead atoms. The van der Waals surface area contributed by atoms with Crippen LogP contribution in [-0.2, 0) is 9.53 Å². The van der Waals surface area contributed by atoms with Crippen LogP contribution in [-0.4, -0.2) is 30.1 Å². The van der Waals surface area contributed by atoms with Gasteiger partial charge in [0.1, 0.15) is 0 Å². The molecule has 6 aliphatic rings. The van der Waals surface area contributed by atoms with Gasteiger partial charge in [0.25, 0.3) is 0 Å². The molecular formula is C29H43NO2. The summed E-state index contributed by atoms with van der Waals surface area (Å²) in [5.41, 5.74) is 5.26. The third-order valence-electron chi connectivity index (χ3n) is 11.2. The van der Waals surface area contributed by atoms with Gasteiger partial charge in [0.2, 0.25) is 0 Å². The zero-order chi connectivity index (χ0) is 22.3. The van der Waals surface area contributed by atoms with E-state index >= 15 is 0 Å². The lowest BCUT2D eigenvalue weighted by Gasteiger charge is -2.55. The molecule has 0 aromatic carbocycles. The standard InChI is InChI=1S/C29H43NO2/c1-17-13-26-27(30-16-17)19(3)29(32-26)12-10-23-22(18(2)15-29)7-8-25-24(23)6-5-20-14-21(31)9-11-28(20,25)4/h14,17,19,23-27,30H,5-13,15-16H2,1-4H3/t17-,19+,23+,24-,25-,26+,27-,28-,29-/m0/s1. The van der Waals surface area contributed by atoms with E-state index in [0.717, 1.165) is 55.9 Å². The number of fused-ring (bicyclic) bond motifs is 6. The van der Waals surface area contributed by atoms with E-state index in [1.54, 1.807) is 11.1 Å². The number of carbonyl (C=O) groups is 1. The quantitative estimate of drug-likeness (QED) is 0.473. The third kappa shape index (κ3) is 3.09. The molecule has 4 aliphatic carbocycles. The second-order valence-corrected chi connectivity index (χ2v) is 12.8. The highest BCUT2D eigenvalue weighted by atomic mass is 16.5. The molecule has 32 heavy (non-hydrogen) atoms. The Morgan fingerprint density at radius 1 is 1.09 bits per heavy atom. The number of piperidine rings is 1. The minimum absolute atomic E-state index is 0.0389. The van der Waals surface area contributed by atoms with Gasteiger partial charge in [-0.25, -0.2) is 0 Å². The van der Waals surface area contributed by atoms with Gasteiger partial charge in [0, 0.05) is 18.4 Å². The largest absolute Gasteiger partial charge is 0.369 e. The number of hydrogen-bond acceptors (Lipinski definition) is 3. The highest BCUT2D eigenvalue weighted by Crippen LogP contribution is 2.62. The van der Waals surface area contributed by atoms with E-state index in [2.05, 4.69) is 33.0 Å². The van der Waals surface area contributed by atoms with E-state index in [9.17, 15) is 4.79 Å². The average Bonchev–Trinajstić information content (AvgIpc) is 2.92. The fourth-order valence-corrected chi connectivity index (χ4v) is 9.43. The van der Waals surface area contributed by atoms with Crippen LogP contribution in [0.1, 0.15) is 91.9 Å². The van der Waals surface area contributed by atoms with Gasteiger partial charge in [0.15, 0.2) is 5.78 Å². The number of nitrogens with one attached hydrogen (secondary N) is 1. The minimum atomic E-state index is 0.0389. The predicted molar refractivity (Wildman–Crippen MR) is 128 cm³/mol. The molecule has 2 heterocycles. The van der Waals surface area contributed by atoms with Crippen molar-refractivity contribution in [3.05, 3.63) is 22.8 Å². The summed E-state index contributed by atoms with van der Waals surface area (Å²) in [7, 11) is 0. The predicted octanol–water partition coefficient (Wildman–Crippen LogP) is 5.99. The van der Waals surface area contributed by atoms with Crippen LogP contribution < -0.4 is 5.32 Å². The molecule has 2 saturated carbocycles. The molecule has 3 nitrogen and oxygen atoms in total. The molecule has 9 atom stereocenters. The van der Waals surface area contributed by atoms with Crippen molar-refractivity contribution in [3.63, 3.8) is 0 Å². The lowest BCUT2D eigenvalue weighted by atomic mass is 9.50. The van der Waals surface area contributed by atoms with E-state index in [4.69, 9.17) is 4.74 Å². The van der Waals surface area contributed by atoms with Gasteiger partial charge in [-0.2, -0.15) is 0 Å². The number of ether oxygens (including phenoxy) is 1. The highest BCUT2D eigenvalue weighted by molar-refractivity contribution is 5.91. The molecule has 2 aliphatic heterocycles. The molecule has 0 unspecified atom stereocenters. The maximum absolute atomic E-state index is 12.1. The molecular weight excluding hydrogens is 394 g/mol. The summed E-state index contributed by atoms with van der Waals surface area (Å²) in [6.07, 6.45) is 14.2. The van der Waals surface area contributed by atoms with Crippen molar-refractivity contribution < 1.29 is 9.53 Å². The van der Waals surface area contributed by atoms with Crippen LogP contribution in [0.5, 0.6) is 0 Å². The zero-order valence-electron chi connectivity index (χ0n) is 20.7. The van der Waals surface area contributed by atoms with Crippen molar-refractivity contribution in [1.82, 2.24) is 5.32 Å². The van der Waals surface area contributed by atoms with Crippen molar-refractivity contribution in [1.29, 1.82) is 0 Å². The summed E-state index contributed by atoms with van der Waals surface area (Å²) in [5, 5.41) is 3.86. The maximum Gasteiger partial charge on any atom is 0.155 e. The monoisotopic (exact) mass is 437 g/mol. The van der Waals surface area contributed by atoms with Gasteiger partial charge in [-0.05, 0) is 106 Å². The summed E-state index contributed by atoms with van der Waals surface area (Å²) in [6, 6.07) is 0.540. The van der Waals surface area contributed by atoms with Crippen molar-refractivity contribution in [2.45, 2.75) is 110 Å². The zero-order valence-corrected chi connectivity index (χ0v) is 20.7. The Balaban J connectivity index is 1.28. The first-order valence-electron chi connectivity index (χ1n) is 13.6. The molecule has 1 spiro atoms. The summed E-state index contributed by atoms with van der Waals surface area (Å²) in [4.78, 5) is 12.1. The molecule has 2 saturated heterocycles. The van der Waals surface area contributed by atoms with E-state index < -0.39 is 0 Å². The normalized spacial score (nSPS) is 50.8. The summed E-state index contributed by atoms with van der Waals surface area (Å²) >= 11 is 0. The van der Waals surface area contributed by atoms with Crippen LogP contribution in [0.15, 0.2) is 22.8 Å². The first-order valence-corrected chi connectivity index (χ1v) is 13.6. The first kappa shape index (κ1) is 21.6. The lowest BCUT2D eigenvalue weighted by Crippen LogP contribution is -2.48. The van der Waals surface area contributed by atoms with E-state index in [1.807, 2.05) is 6.08 Å². The number of rotatable bonds is 0. The molecule has 1 N–H and O–H groups in total. The van der Waals surface area contributed by atoms with Crippen molar-refractivity contribution in [2.75, 3.05) is 6.54 Å². The Morgan fingerprint density at radius 2 is 1.94 bits per heavy atom. The average molecular weight is 438 g/mol. The molecule has 0 amide bonds. The van der Waals surface area contributed by atoms with Gasteiger partial charge in [0.05, 0.1) is 11.7 Å². The number of ketones is 1. The first-order chi connectivity index (χ1) is 15.3. The van der Waals surface area contributed by atoms with Crippen molar-refractivity contribution in [2.24, 2.45) is 35.0 Å². The van der Waals surface area contributed by atoms with Crippen LogP contribution >= 0.6 is 0 Å². The van der Waals surface area contributed by atoms with Gasteiger partial charge in [-0.3, -0.25) is 4.79 Å². The third-order valence-corrected chi connectivity index (χ3v) is 11.2. The van der Waals surface area contributed by atoms with E-state index in [0.29, 0.717) is 23.8 Å². The van der Waals surface area contributed by atoms with Crippen molar-refractivity contribution >= 4 is 5.78 Å². The molecule has 0 aromatic rings. The summed E-state index contributed by atoms with van der Waals surface area (Å²) < 4.78 is 7.04. The fourth-order valence-electron chi connectivity index (χ4n) is 9.43. The second kappa shape index (κ2) is 7.54. The highest BCUT2D eigenvalue weighted by Gasteiger charge is 2.57. The van der Waals surface area contributed by atoms with Crippen LogP contribution in [0.4, 0.5) is 0 Å². The molecule has 0 aromatic heterocycles. The Labute approximate surface area is 194 Å². The molecule has 176 valence electrons. The number of hydrogen-bond donors (Lipinski definition) is 1. The van der Waals surface area contributed by atoms with E-state index in [1.165, 1.54) is 44.1 Å². The smallest absolute Gasteiger partial charge is 0.155 e. The Morgan fingerprint density at radius 3 is 2.78 bits per heavy atom. The second-order valence-electron chi connectivity index (χ2n) is 12.8. The van der Waals surface area contributed by atoms with Crippen LogP contribution in [0.3, 0.4) is 0 Å². The summed E-state index contributed by atoms with van der Waals surface area (Å²) in [6.45, 7) is 10.9. The molecule has 3 heteroatoms. The van der Waals surface area contributed by atoms with Crippen molar-refractivity contribution in [3.8, 4) is 0 Å².